The third kappa shape index (κ3) is 3.85. The van der Waals surface area contributed by atoms with Crippen LogP contribution in [-0.4, -0.2) is 59.3 Å². The highest BCUT2D eigenvalue weighted by atomic mass is 35.5. The van der Waals surface area contributed by atoms with Gasteiger partial charge >= 0.3 is 0 Å². The molecule has 2 aliphatic rings. The Hall–Kier alpha value is -3.30. The fourth-order valence-electron chi connectivity index (χ4n) is 3.97. The van der Waals surface area contributed by atoms with Gasteiger partial charge in [-0.25, -0.2) is 9.29 Å². The normalized spacial score (nSPS) is 17.5. The van der Waals surface area contributed by atoms with E-state index in [1.54, 1.807) is 0 Å². The van der Waals surface area contributed by atoms with Crippen LogP contribution in [0.3, 0.4) is 0 Å². The number of imide groups is 1. The van der Waals surface area contributed by atoms with Gasteiger partial charge in [-0.2, -0.15) is 0 Å². The number of hydrogen-bond acceptors (Lipinski definition) is 6. The summed E-state index contributed by atoms with van der Waals surface area (Å²) in [7, 11) is 0. The smallest absolute Gasteiger partial charge is 0.282 e. The first kappa shape index (κ1) is 21.9. The molecule has 1 fully saturated rings. The highest BCUT2D eigenvalue weighted by Crippen LogP contribution is 2.36. The minimum absolute atomic E-state index is 0.119. The van der Waals surface area contributed by atoms with E-state index in [1.165, 1.54) is 36.4 Å². The molecule has 4 rings (SSSR count). The largest absolute Gasteiger partial charge is 0.364 e. The zero-order valence-electron chi connectivity index (χ0n) is 17.3. The zero-order valence-corrected chi connectivity index (χ0v) is 18.0. The molecule has 0 radical (unpaired) electrons. The van der Waals surface area contributed by atoms with Crippen LogP contribution in [-0.2, 0) is 9.59 Å². The fourth-order valence-corrected chi connectivity index (χ4v) is 4.14. The Bertz CT molecular complexity index is 1130. The van der Waals surface area contributed by atoms with Crippen molar-refractivity contribution in [2.24, 2.45) is 0 Å². The lowest BCUT2D eigenvalue weighted by Crippen LogP contribution is -2.47. The fraction of sp³-hybridized carbons (Fsp3) is 0.273. The number of carbonyl (C=O) groups is 2. The number of nitro groups is 1. The highest BCUT2D eigenvalue weighted by molar-refractivity contribution is 6.45. The van der Waals surface area contributed by atoms with Gasteiger partial charge in [0.15, 0.2) is 0 Å². The minimum atomic E-state index is -0.658. The predicted octanol–water partition coefficient (Wildman–Crippen LogP) is 3.31. The summed E-state index contributed by atoms with van der Waals surface area (Å²) in [5, 5.41) is 10.8. The number of anilines is 1. The van der Waals surface area contributed by atoms with Crippen molar-refractivity contribution in [3.05, 3.63) is 74.7 Å². The number of likely N-dealkylation sites (N-methyl/N-ethyl adjacent to an activating group) is 1. The predicted molar refractivity (Wildman–Crippen MR) is 118 cm³/mol. The second-order valence-electron chi connectivity index (χ2n) is 7.49. The van der Waals surface area contributed by atoms with E-state index in [1.807, 2.05) is 4.90 Å². The van der Waals surface area contributed by atoms with E-state index >= 15 is 0 Å². The Labute approximate surface area is 188 Å². The maximum absolute atomic E-state index is 13.7. The van der Waals surface area contributed by atoms with Gasteiger partial charge in [0.05, 0.1) is 21.2 Å². The second kappa shape index (κ2) is 8.68. The monoisotopic (exact) mass is 458 g/mol. The lowest BCUT2D eigenvalue weighted by atomic mass is 10.0. The summed E-state index contributed by atoms with van der Waals surface area (Å²) in [6.45, 7) is 5.51. The maximum atomic E-state index is 13.7. The molecule has 0 saturated carbocycles. The summed E-state index contributed by atoms with van der Waals surface area (Å²) < 4.78 is 13.7. The number of hydrogen-bond donors (Lipinski definition) is 0. The number of piperazine rings is 1. The van der Waals surface area contributed by atoms with Gasteiger partial charge in [-0.15, -0.1) is 0 Å². The first-order valence-electron chi connectivity index (χ1n) is 10.1. The summed E-state index contributed by atoms with van der Waals surface area (Å²) in [4.78, 5) is 42.5. The molecule has 2 amide bonds. The number of rotatable bonds is 5. The number of benzene rings is 2. The summed E-state index contributed by atoms with van der Waals surface area (Å²) >= 11 is 5.89. The maximum Gasteiger partial charge on any atom is 0.282 e. The number of carbonyl (C=O) groups excluding carboxylic acids is 2. The molecular formula is C22H20ClFN4O4. The second-order valence-corrected chi connectivity index (χ2v) is 7.90. The lowest BCUT2D eigenvalue weighted by molar-refractivity contribution is -0.384. The van der Waals surface area contributed by atoms with Gasteiger partial charge in [0, 0.05) is 38.3 Å². The first-order chi connectivity index (χ1) is 15.3. The van der Waals surface area contributed by atoms with Crippen LogP contribution in [0.15, 0.2) is 48.2 Å². The zero-order chi connectivity index (χ0) is 23.0. The van der Waals surface area contributed by atoms with E-state index in [4.69, 9.17) is 11.6 Å². The lowest BCUT2D eigenvalue weighted by Gasteiger charge is -2.36. The van der Waals surface area contributed by atoms with Crippen LogP contribution in [0.25, 0.3) is 5.57 Å². The Morgan fingerprint density at radius 2 is 1.69 bits per heavy atom. The van der Waals surface area contributed by atoms with Crippen molar-refractivity contribution in [1.29, 1.82) is 0 Å². The van der Waals surface area contributed by atoms with Crippen molar-refractivity contribution in [2.45, 2.75) is 6.92 Å². The van der Waals surface area contributed by atoms with Crippen molar-refractivity contribution in [3.8, 4) is 0 Å². The molecule has 0 atom stereocenters. The van der Waals surface area contributed by atoms with Crippen LogP contribution in [0.2, 0.25) is 5.02 Å². The highest BCUT2D eigenvalue weighted by Gasteiger charge is 2.43. The van der Waals surface area contributed by atoms with Gasteiger partial charge in [-0.05, 0) is 42.4 Å². The topological polar surface area (TPSA) is 87.0 Å². The van der Waals surface area contributed by atoms with E-state index in [0.29, 0.717) is 18.7 Å². The molecular weight excluding hydrogens is 439 g/mol. The van der Waals surface area contributed by atoms with Crippen LogP contribution < -0.4 is 4.90 Å². The SMILES string of the molecule is CCN1CCN(C2=C(c3ccc([N+](=O)[O-])cc3)C(=O)N(c3ccc(F)c(Cl)c3)C2=O)CC1. The van der Waals surface area contributed by atoms with Crippen molar-refractivity contribution in [2.75, 3.05) is 37.6 Å². The van der Waals surface area contributed by atoms with E-state index < -0.39 is 22.6 Å². The average molecular weight is 459 g/mol. The molecule has 0 spiro atoms. The van der Waals surface area contributed by atoms with Crippen LogP contribution in [0, 0.1) is 15.9 Å². The number of halogens is 2. The Balaban J connectivity index is 1.78. The Morgan fingerprint density at radius 1 is 1.03 bits per heavy atom. The third-order valence-corrected chi connectivity index (χ3v) is 6.01. The van der Waals surface area contributed by atoms with Gasteiger partial charge in [-0.1, -0.05) is 18.5 Å². The van der Waals surface area contributed by atoms with Gasteiger partial charge in [-0.3, -0.25) is 19.7 Å². The molecule has 2 heterocycles. The molecule has 2 aromatic carbocycles. The van der Waals surface area contributed by atoms with E-state index in [2.05, 4.69) is 11.8 Å². The molecule has 0 aliphatic carbocycles. The van der Waals surface area contributed by atoms with Crippen LogP contribution in [0.4, 0.5) is 15.8 Å². The van der Waals surface area contributed by atoms with E-state index in [-0.39, 0.29) is 27.7 Å². The summed E-state index contributed by atoms with van der Waals surface area (Å²) in [6, 6.07) is 9.17. The van der Waals surface area contributed by atoms with Crippen LogP contribution >= 0.6 is 11.6 Å². The van der Waals surface area contributed by atoms with Gasteiger partial charge in [0.2, 0.25) is 0 Å². The van der Waals surface area contributed by atoms with Crippen LogP contribution in [0.1, 0.15) is 12.5 Å². The molecule has 2 aliphatic heterocycles. The molecule has 8 nitrogen and oxygen atoms in total. The molecule has 166 valence electrons. The average Bonchev–Trinajstić information content (AvgIpc) is 3.05. The van der Waals surface area contributed by atoms with Crippen molar-refractivity contribution < 1.29 is 18.9 Å². The third-order valence-electron chi connectivity index (χ3n) is 5.72. The van der Waals surface area contributed by atoms with Crippen LogP contribution in [0.5, 0.6) is 0 Å². The first-order valence-corrected chi connectivity index (χ1v) is 10.5. The van der Waals surface area contributed by atoms with Gasteiger partial charge < -0.3 is 9.80 Å². The van der Waals surface area contributed by atoms with E-state index in [9.17, 15) is 24.1 Å². The number of amides is 2. The summed E-state index contributed by atoms with van der Waals surface area (Å²) in [5.74, 6) is -1.77. The van der Waals surface area contributed by atoms with Gasteiger partial charge in [0.1, 0.15) is 11.5 Å². The number of nitro benzene ring substituents is 1. The molecule has 0 unspecified atom stereocenters. The standard InChI is InChI=1S/C22H20ClFN4O4/c1-2-25-9-11-26(12-10-25)20-19(14-3-5-15(6-4-14)28(31)32)21(29)27(22(20)30)16-7-8-18(24)17(23)13-16/h3-8,13H,2,9-12H2,1H3. The molecule has 1 saturated heterocycles. The molecule has 10 heteroatoms. The number of nitrogens with zero attached hydrogens (tertiary/aromatic N) is 4. The Morgan fingerprint density at radius 3 is 2.25 bits per heavy atom. The summed E-state index contributed by atoms with van der Waals surface area (Å²) in [5.41, 5.74) is 0.840. The molecule has 0 N–H and O–H groups in total. The van der Waals surface area contributed by atoms with Crippen molar-refractivity contribution >= 4 is 40.4 Å². The minimum Gasteiger partial charge on any atom is -0.364 e. The van der Waals surface area contributed by atoms with Gasteiger partial charge in [0.25, 0.3) is 17.5 Å². The molecule has 32 heavy (non-hydrogen) atoms. The molecule has 2 aromatic rings. The molecule has 0 aromatic heterocycles. The molecule has 0 bridgehead atoms. The van der Waals surface area contributed by atoms with Crippen molar-refractivity contribution in [3.63, 3.8) is 0 Å². The summed E-state index contributed by atoms with van der Waals surface area (Å²) in [6.07, 6.45) is 0. The quantitative estimate of drug-likeness (QED) is 0.388. The number of non-ortho nitro benzene ring substituents is 1. The Kier molecular flexibility index (Phi) is 5.94. The van der Waals surface area contributed by atoms with Crippen molar-refractivity contribution in [1.82, 2.24) is 9.80 Å². The van der Waals surface area contributed by atoms with E-state index in [0.717, 1.165) is 30.6 Å².